The monoisotopic (exact) mass is 965 g/mol. The maximum absolute atomic E-state index is 8.24. The molecule has 0 N–H and O–H groups in total. The van der Waals surface area contributed by atoms with E-state index in [1.165, 1.54) is 83.8 Å². The second-order valence-electron chi connectivity index (χ2n) is 21.8. The minimum absolute atomic E-state index is 0.0560. The molecule has 73 heavy (non-hydrogen) atoms. The second-order valence-corrected chi connectivity index (χ2v) is 21.8. The van der Waals surface area contributed by atoms with Gasteiger partial charge in [-0.15, -0.1) is 0 Å². The van der Waals surface area contributed by atoms with E-state index in [4.69, 9.17) is 2.74 Å². The zero-order chi connectivity index (χ0) is 54.0. The Labute approximate surface area is 442 Å². The van der Waals surface area contributed by atoms with E-state index in [1.807, 2.05) is 38.1 Å². The maximum atomic E-state index is 8.24. The Bertz CT molecular complexity index is 3320. The molecule has 0 bridgehead atoms. The largest absolute Gasteiger partial charge is 0.212 e. The molecule has 0 saturated carbocycles. The Kier molecular flexibility index (Phi) is 17.0. The zero-order valence-electron chi connectivity index (χ0n) is 48.0. The van der Waals surface area contributed by atoms with Crippen molar-refractivity contribution in [3.05, 3.63) is 234 Å². The van der Waals surface area contributed by atoms with E-state index in [9.17, 15) is 0 Å². The van der Waals surface area contributed by atoms with Crippen LogP contribution in [0.2, 0.25) is 0 Å². The van der Waals surface area contributed by atoms with E-state index < -0.39 is 6.37 Å². The average molecular weight is 965 g/mol. The van der Waals surface area contributed by atoms with Gasteiger partial charge in [-0.1, -0.05) is 176 Å². The highest BCUT2D eigenvalue weighted by Crippen LogP contribution is 2.28. The van der Waals surface area contributed by atoms with Gasteiger partial charge in [0, 0.05) is 54.3 Å². The van der Waals surface area contributed by atoms with Crippen molar-refractivity contribution in [3.8, 4) is 67.2 Å². The van der Waals surface area contributed by atoms with Gasteiger partial charge in [-0.3, -0.25) is 0 Å². The minimum atomic E-state index is -1.31. The summed E-state index contributed by atoms with van der Waals surface area (Å²) in [6.07, 6.45) is 7.51. The molecule has 0 amide bonds. The zero-order valence-corrected chi connectivity index (χ0v) is 46.0. The van der Waals surface area contributed by atoms with Crippen molar-refractivity contribution in [1.82, 2.24) is 0 Å². The topological polar surface area (TPSA) is 11.6 Å². The smallest absolute Gasteiger partial charge is 0.200 e. The van der Waals surface area contributed by atoms with Crippen molar-refractivity contribution in [2.24, 2.45) is 38.4 Å². The van der Waals surface area contributed by atoms with Gasteiger partial charge in [0.05, 0.1) is 0 Å². The fourth-order valence-corrected chi connectivity index (χ4v) is 9.58. The summed E-state index contributed by atoms with van der Waals surface area (Å²) in [5.41, 5.74) is 22.5. The van der Waals surface area contributed by atoms with E-state index in [0.717, 1.165) is 29.5 Å². The molecule has 0 atom stereocenters. The molecule has 372 valence electrons. The molecule has 9 rings (SSSR count). The third-order valence-corrected chi connectivity index (χ3v) is 13.3. The summed E-state index contributed by atoms with van der Waals surface area (Å²) in [5, 5.41) is 0. The van der Waals surface area contributed by atoms with Crippen LogP contribution in [0.25, 0.3) is 67.2 Å². The van der Waals surface area contributed by atoms with Crippen LogP contribution in [-0.2, 0) is 40.4 Å². The van der Waals surface area contributed by atoms with Crippen molar-refractivity contribution in [1.29, 1.82) is 0 Å². The molecule has 6 aromatic carbocycles. The number of rotatable bonds is 11. The highest BCUT2D eigenvalue weighted by molar-refractivity contribution is 5.69. The fourth-order valence-electron chi connectivity index (χ4n) is 9.58. The van der Waals surface area contributed by atoms with Gasteiger partial charge in [0.15, 0.2) is 18.6 Å². The van der Waals surface area contributed by atoms with Crippen LogP contribution < -0.4 is 13.7 Å². The van der Waals surface area contributed by atoms with Gasteiger partial charge in [0.25, 0.3) is 0 Å². The predicted octanol–water partition coefficient (Wildman–Crippen LogP) is 16.4. The molecule has 0 aliphatic heterocycles. The molecule has 3 heterocycles. The van der Waals surface area contributed by atoms with Crippen LogP contribution in [-0.4, -0.2) is 0 Å². The quantitative estimate of drug-likeness (QED) is 0.115. The summed E-state index contributed by atoms with van der Waals surface area (Å²) in [6, 6.07) is 64.5. The molecule has 0 spiro atoms. The fraction of sp³-hybridized carbons (Fsp3) is 0.271. The van der Waals surface area contributed by atoms with Crippen molar-refractivity contribution in [2.45, 2.75) is 88.5 Å². The lowest BCUT2D eigenvalue weighted by Crippen LogP contribution is -2.30. The molecule has 3 heteroatoms. The maximum Gasteiger partial charge on any atom is 0.212 e. The first-order valence-electron chi connectivity index (χ1n) is 27.1. The molecular weight excluding hydrogens is 883 g/mol. The normalized spacial score (nSPS) is 11.8. The Morgan fingerprint density at radius 2 is 0.671 bits per heavy atom. The second kappa shape index (κ2) is 24.5. The molecule has 0 radical (unpaired) electrons. The van der Waals surface area contributed by atoms with Gasteiger partial charge in [0.1, 0.15) is 21.1 Å². The van der Waals surface area contributed by atoms with Crippen molar-refractivity contribution in [2.75, 3.05) is 0 Å². The third-order valence-electron chi connectivity index (χ3n) is 13.3. The minimum Gasteiger partial charge on any atom is -0.200 e. The number of benzene rings is 6. The lowest BCUT2D eigenvalue weighted by molar-refractivity contribution is -0.660. The first kappa shape index (κ1) is 50.7. The van der Waals surface area contributed by atoms with Crippen LogP contribution >= 0.6 is 0 Å². The lowest BCUT2D eigenvalue weighted by Gasteiger charge is -2.18. The average Bonchev–Trinajstić information content (AvgIpc) is 3.37. The van der Waals surface area contributed by atoms with E-state index in [1.54, 1.807) is 0 Å². The molecule has 0 aliphatic rings. The van der Waals surface area contributed by atoms with E-state index in [-0.39, 0.29) is 5.92 Å². The van der Waals surface area contributed by atoms with Crippen molar-refractivity contribution in [3.63, 3.8) is 0 Å². The van der Waals surface area contributed by atoms with Gasteiger partial charge in [-0.05, 0) is 144 Å². The van der Waals surface area contributed by atoms with Crippen LogP contribution in [0.3, 0.4) is 0 Å². The first-order chi connectivity index (χ1) is 35.7. The van der Waals surface area contributed by atoms with Gasteiger partial charge < -0.3 is 0 Å². The molecule has 0 aliphatic carbocycles. The molecule has 9 aromatic rings. The Hall–Kier alpha value is -7.23. The Balaban J connectivity index is 0.000000164. The Morgan fingerprint density at radius 1 is 0.370 bits per heavy atom. The van der Waals surface area contributed by atoms with Crippen LogP contribution in [0.4, 0.5) is 0 Å². The summed E-state index contributed by atoms with van der Waals surface area (Å²) in [7, 11) is 6.31. The molecular formula is C70H80N3+3. The first-order valence-corrected chi connectivity index (χ1v) is 26.1. The van der Waals surface area contributed by atoms with Crippen LogP contribution in [0.15, 0.2) is 201 Å². The van der Waals surface area contributed by atoms with E-state index in [2.05, 4.69) is 267 Å². The van der Waals surface area contributed by atoms with Gasteiger partial charge >= 0.3 is 0 Å². The molecule has 0 saturated heterocycles. The highest BCUT2D eigenvalue weighted by Gasteiger charge is 2.17. The highest BCUT2D eigenvalue weighted by atomic mass is 14.9. The number of pyridine rings is 3. The molecule has 3 nitrogen and oxygen atoms in total. The van der Waals surface area contributed by atoms with Gasteiger partial charge in [-0.2, -0.15) is 0 Å². The van der Waals surface area contributed by atoms with Crippen LogP contribution in [0.1, 0.15) is 84.6 Å². The van der Waals surface area contributed by atoms with E-state index in [0.29, 0.717) is 11.3 Å². The van der Waals surface area contributed by atoms with Gasteiger partial charge in [-0.25, -0.2) is 13.7 Å². The molecule has 0 unspecified atom stereocenters. The van der Waals surface area contributed by atoms with Crippen molar-refractivity contribution >= 4 is 0 Å². The van der Waals surface area contributed by atoms with Crippen molar-refractivity contribution < 1.29 is 16.4 Å². The summed E-state index contributed by atoms with van der Waals surface area (Å²) < 4.78 is 23.1. The summed E-state index contributed by atoms with van der Waals surface area (Å²) in [4.78, 5) is 0. The SMILES string of the molecule is Cc1ccccc1-c1ccc(-c2ccc(CC(C)(C)C)cc2)c[n+]1C.Cc1ccccc1-c1ccc(-c2ccc(CC(C)C)cc2)c[n+]1C.[2H]C([2H])(c1ccc(-c2ccc(-c3ccccc3C)[n+](C)c2)cc1)C(C)C. The summed E-state index contributed by atoms with van der Waals surface area (Å²) in [6.45, 7) is 21.7. The Morgan fingerprint density at radius 3 is 0.959 bits per heavy atom. The van der Waals surface area contributed by atoms with Crippen LogP contribution in [0, 0.1) is 38.0 Å². The summed E-state index contributed by atoms with van der Waals surface area (Å²) >= 11 is 0. The number of hydrogen-bond acceptors (Lipinski definition) is 0. The molecule has 3 aromatic heterocycles. The number of hydrogen-bond donors (Lipinski definition) is 0. The lowest BCUT2D eigenvalue weighted by atomic mass is 9.88. The summed E-state index contributed by atoms with van der Waals surface area (Å²) in [5.74, 6) is 0.640. The van der Waals surface area contributed by atoms with Gasteiger partial charge in [0.2, 0.25) is 17.1 Å². The standard InChI is InChI=1S/C24H28N.2C23H26N/c1-18-8-6-7-9-22(18)23-15-14-21(17-25(23)5)20-12-10-19(11-13-20)16-24(2,3)4;2*1-17(2)15-19-9-11-20(12-10-19)21-13-14-23(24(4)16-21)22-8-6-5-7-18(22)3/h6-15,17H,16H2,1-5H3;2*5-14,16-17H,15H2,1-4H3/q3*+1/i;15D2;. The predicted molar refractivity (Wildman–Crippen MR) is 310 cm³/mol. The van der Waals surface area contributed by atoms with Crippen LogP contribution in [0.5, 0.6) is 0 Å². The van der Waals surface area contributed by atoms with E-state index >= 15 is 0 Å². The number of aromatic nitrogens is 3. The third kappa shape index (κ3) is 14.7. The molecule has 0 fully saturated rings. The number of nitrogens with zero attached hydrogens (tertiary/aromatic N) is 3. The number of aryl methyl sites for hydroxylation is 6.